The molecule has 0 radical (unpaired) electrons. The third-order valence-corrected chi connectivity index (χ3v) is 1.99. The fourth-order valence-corrected chi connectivity index (χ4v) is 1.17. The van der Waals surface area contributed by atoms with Crippen LogP contribution < -0.4 is 10.5 Å². The van der Waals surface area contributed by atoms with Gasteiger partial charge in [0, 0.05) is 7.11 Å². The van der Waals surface area contributed by atoms with Gasteiger partial charge in [-0.2, -0.15) is 0 Å². The molecule has 0 aliphatic carbocycles. The molecule has 0 bridgehead atoms. The molecule has 94 valence electrons. The largest absolute Gasteiger partial charge is 0.490 e. The summed E-state index contributed by atoms with van der Waals surface area (Å²) in [5, 5.41) is 0. The van der Waals surface area contributed by atoms with Crippen LogP contribution in [-0.4, -0.2) is 38.9 Å². The Hall–Kier alpha value is -1.59. The van der Waals surface area contributed by atoms with Gasteiger partial charge in [-0.1, -0.05) is 18.2 Å². The van der Waals surface area contributed by atoms with Gasteiger partial charge >= 0.3 is 5.97 Å². The molecule has 0 heterocycles. The molecule has 0 saturated heterocycles. The second-order valence-corrected chi connectivity index (χ2v) is 3.39. The summed E-state index contributed by atoms with van der Waals surface area (Å²) in [7, 11) is 1.48. The number of methoxy groups -OCH3 is 1. The maximum absolute atomic E-state index is 11.3. The first-order chi connectivity index (χ1) is 8.24. The molecule has 5 heteroatoms. The molecule has 0 spiro atoms. The smallest absolute Gasteiger partial charge is 0.325 e. The lowest BCUT2D eigenvalue weighted by Gasteiger charge is -2.11. The van der Waals surface area contributed by atoms with Crippen molar-refractivity contribution in [2.24, 2.45) is 5.73 Å². The lowest BCUT2D eigenvalue weighted by atomic mass is 10.3. The molecule has 17 heavy (non-hydrogen) atoms. The Morgan fingerprint density at radius 3 is 2.65 bits per heavy atom. The second-order valence-electron chi connectivity index (χ2n) is 3.39. The van der Waals surface area contributed by atoms with Gasteiger partial charge in [-0.15, -0.1) is 0 Å². The van der Waals surface area contributed by atoms with Crippen molar-refractivity contribution in [2.75, 3.05) is 26.9 Å². The van der Waals surface area contributed by atoms with Crippen LogP contribution in [0, 0.1) is 0 Å². The van der Waals surface area contributed by atoms with Crippen molar-refractivity contribution in [3.05, 3.63) is 30.3 Å². The number of ether oxygens (including phenoxy) is 3. The predicted molar refractivity (Wildman–Crippen MR) is 62.7 cm³/mol. The number of para-hydroxylation sites is 1. The Balaban J connectivity index is 2.14. The van der Waals surface area contributed by atoms with Gasteiger partial charge in [0.15, 0.2) is 0 Å². The molecule has 1 aromatic carbocycles. The fraction of sp³-hybridized carbons (Fsp3) is 0.417. The van der Waals surface area contributed by atoms with Crippen LogP contribution in [0.4, 0.5) is 0 Å². The Bertz CT molecular complexity index is 329. The molecule has 5 nitrogen and oxygen atoms in total. The standard InChI is InChI=1S/C12H17NO4/c1-15-9-11(13)12(14)17-8-7-16-10-5-3-2-4-6-10/h2-6,11H,7-9,13H2,1H3. The second kappa shape index (κ2) is 7.65. The Kier molecular flexibility index (Phi) is 6.06. The van der Waals surface area contributed by atoms with E-state index in [0.29, 0.717) is 6.61 Å². The van der Waals surface area contributed by atoms with Crippen molar-refractivity contribution in [1.29, 1.82) is 0 Å². The molecular formula is C12H17NO4. The zero-order chi connectivity index (χ0) is 12.5. The van der Waals surface area contributed by atoms with Gasteiger partial charge in [0.2, 0.25) is 0 Å². The zero-order valence-corrected chi connectivity index (χ0v) is 9.80. The number of hydrogen-bond acceptors (Lipinski definition) is 5. The number of carbonyl (C=O) groups excluding carboxylic acids is 1. The van der Waals surface area contributed by atoms with Crippen LogP contribution in [0.1, 0.15) is 0 Å². The molecule has 1 rings (SSSR count). The van der Waals surface area contributed by atoms with Crippen LogP contribution in [0.25, 0.3) is 0 Å². The normalized spacial score (nSPS) is 11.9. The minimum Gasteiger partial charge on any atom is -0.490 e. The van der Waals surface area contributed by atoms with E-state index in [9.17, 15) is 4.79 Å². The SMILES string of the molecule is COCC(N)C(=O)OCCOc1ccccc1. The van der Waals surface area contributed by atoms with Crippen molar-refractivity contribution < 1.29 is 19.0 Å². The van der Waals surface area contributed by atoms with Gasteiger partial charge in [0.1, 0.15) is 25.0 Å². The zero-order valence-electron chi connectivity index (χ0n) is 9.80. The Morgan fingerprint density at radius 1 is 1.29 bits per heavy atom. The predicted octanol–water partition coefficient (Wildman–Crippen LogP) is 0.582. The van der Waals surface area contributed by atoms with E-state index in [2.05, 4.69) is 0 Å². The van der Waals surface area contributed by atoms with Crippen LogP contribution in [-0.2, 0) is 14.3 Å². The van der Waals surface area contributed by atoms with E-state index in [1.165, 1.54) is 7.11 Å². The van der Waals surface area contributed by atoms with Gasteiger partial charge in [0.25, 0.3) is 0 Å². The summed E-state index contributed by atoms with van der Waals surface area (Å²) in [6.07, 6.45) is 0. The van der Waals surface area contributed by atoms with E-state index in [0.717, 1.165) is 5.75 Å². The average Bonchev–Trinajstić information content (AvgIpc) is 2.36. The maximum Gasteiger partial charge on any atom is 0.325 e. The molecule has 1 unspecified atom stereocenters. The van der Waals surface area contributed by atoms with E-state index >= 15 is 0 Å². The molecule has 0 aromatic heterocycles. The van der Waals surface area contributed by atoms with E-state index in [4.69, 9.17) is 19.9 Å². The quantitative estimate of drug-likeness (QED) is 0.556. The van der Waals surface area contributed by atoms with Gasteiger partial charge in [0.05, 0.1) is 6.61 Å². The summed E-state index contributed by atoms with van der Waals surface area (Å²) < 4.78 is 15.0. The Labute approximate surface area is 100 Å². The number of nitrogens with two attached hydrogens (primary N) is 1. The van der Waals surface area contributed by atoms with Crippen molar-refractivity contribution in [1.82, 2.24) is 0 Å². The van der Waals surface area contributed by atoms with E-state index in [1.807, 2.05) is 30.3 Å². The lowest BCUT2D eigenvalue weighted by molar-refractivity contribution is -0.147. The summed E-state index contributed by atoms with van der Waals surface area (Å²) in [6.45, 7) is 0.624. The summed E-state index contributed by atoms with van der Waals surface area (Å²) in [5.74, 6) is 0.258. The molecule has 0 aliphatic heterocycles. The number of esters is 1. The van der Waals surface area contributed by atoms with Gasteiger partial charge in [-0.05, 0) is 12.1 Å². The van der Waals surface area contributed by atoms with Crippen LogP contribution in [0.3, 0.4) is 0 Å². The summed E-state index contributed by atoms with van der Waals surface area (Å²) in [6, 6.07) is 8.57. The number of hydrogen-bond donors (Lipinski definition) is 1. The molecule has 1 aromatic rings. The maximum atomic E-state index is 11.3. The first-order valence-corrected chi connectivity index (χ1v) is 5.33. The molecule has 0 saturated carbocycles. The summed E-state index contributed by atoms with van der Waals surface area (Å²) >= 11 is 0. The minimum atomic E-state index is -0.739. The summed E-state index contributed by atoms with van der Waals surface area (Å²) in [5.41, 5.74) is 5.48. The highest BCUT2D eigenvalue weighted by Crippen LogP contribution is 2.07. The van der Waals surface area contributed by atoms with Gasteiger partial charge in [-0.25, -0.2) is 0 Å². The van der Waals surface area contributed by atoms with Crippen LogP contribution in [0.2, 0.25) is 0 Å². The highest BCUT2D eigenvalue weighted by Gasteiger charge is 2.14. The monoisotopic (exact) mass is 239 g/mol. The molecule has 0 amide bonds. The molecule has 1 atom stereocenters. The lowest BCUT2D eigenvalue weighted by Crippen LogP contribution is -2.37. The van der Waals surface area contributed by atoms with Crippen molar-refractivity contribution in [2.45, 2.75) is 6.04 Å². The number of carbonyl (C=O) groups is 1. The molecular weight excluding hydrogens is 222 g/mol. The molecule has 0 aliphatic rings. The minimum absolute atomic E-state index is 0.151. The third kappa shape index (κ3) is 5.33. The van der Waals surface area contributed by atoms with Crippen molar-refractivity contribution >= 4 is 5.97 Å². The number of benzene rings is 1. The van der Waals surface area contributed by atoms with Gasteiger partial charge in [-0.3, -0.25) is 4.79 Å². The van der Waals surface area contributed by atoms with E-state index in [1.54, 1.807) is 0 Å². The van der Waals surface area contributed by atoms with Crippen LogP contribution >= 0.6 is 0 Å². The first-order valence-electron chi connectivity index (χ1n) is 5.33. The van der Waals surface area contributed by atoms with Crippen LogP contribution in [0.5, 0.6) is 5.75 Å². The molecule has 2 N–H and O–H groups in total. The van der Waals surface area contributed by atoms with E-state index < -0.39 is 12.0 Å². The summed E-state index contributed by atoms with van der Waals surface area (Å²) in [4.78, 5) is 11.3. The van der Waals surface area contributed by atoms with Crippen molar-refractivity contribution in [3.63, 3.8) is 0 Å². The fourth-order valence-electron chi connectivity index (χ4n) is 1.17. The highest BCUT2D eigenvalue weighted by molar-refractivity contribution is 5.75. The van der Waals surface area contributed by atoms with E-state index in [-0.39, 0.29) is 13.2 Å². The Morgan fingerprint density at radius 2 is 2.00 bits per heavy atom. The highest BCUT2D eigenvalue weighted by atomic mass is 16.6. The number of rotatable bonds is 7. The third-order valence-electron chi connectivity index (χ3n) is 1.99. The average molecular weight is 239 g/mol. The molecule has 0 fully saturated rings. The van der Waals surface area contributed by atoms with Crippen LogP contribution in [0.15, 0.2) is 30.3 Å². The first kappa shape index (κ1) is 13.5. The topological polar surface area (TPSA) is 70.8 Å². The van der Waals surface area contributed by atoms with Crippen molar-refractivity contribution in [3.8, 4) is 5.75 Å². The van der Waals surface area contributed by atoms with Gasteiger partial charge < -0.3 is 19.9 Å².